The van der Waals surface area contributed by atoms with Gasteiger partial charge in [-0.1, -0.05) is 18.2 Å². The van der Waals surface area contributed by atoms with Crippen LogP contribution in [0.25, 0.3) is 0 Å². The van der Waals surface area contributed by atoms with Gasteiger partial charge in [-0.15, -0.1) is 0 Å². The van der Waals surface area contributed by atoms with Gasteiger partial charge in [0.05, 0.1) is 30.6 Å². The quantitative estimate of drug-likeness (QED) is 0.282. The van der Waals surface area contributed by atoms with Crippen molar-refractivity contribution >= 4 is 51.5 Å². The number of hydrogen-bond donors (Lipinski definition) is 3. The van der Waals surface area contributed by atoms with Crippen molar-refractivity contribution in [3.05, 3.63) is 74.9 Å². The number of carbonyl (C=O) groups is 1. The highest BCUT2D eigenvalue weighted by Crippen LogP contribution is 2.42. The van der Waals surface area contributed by atoms with Gasteiger partial charge in [0, 0.05) is 39.7 Å². The van der Waals surface area contributed by atoms with Crippen LogP contribution >= 0.6 is 34.8 Å². The van der Waals surface area contributed by atoms with Crippen molar-refractivity contribution in [1.82, 2.24) is 20.2 Å². The summed E-state index contributed by atoms with van der Waals surface area (Å²) in [7, 11) is 1.59. The number of ether oxygens (including phenoxy) is 1. The lowest BCUT2D eigenvalue weighted by Gasteiger charge is -2.28. The number of nitrogens with zero attached hydrogens (tertiary/aromatic N) is 2. The maximum atomic E-state index is 12.8. The molecule has 2 unspecified atom stereocenters. The van der Waals surface area contributed by atoms with E-state index in [0.717, 1.165) is 17.1 Å². The number of aromatic amines is 1. The van der Waals surface area contributed by atoms with E-state index in [9.17, 15) is 4.79 Å². The van der Waals surface area contributed by atoms with E-state index < -0.39 is 0 Å². The molecule has 7 nitrogen and oxygen atoms in total. The Bertz CT molecular complexity index is 1170. The second-order valence-corrected chi connectivity index (χ2v) is 9.39. The Morgan fingerprint density at radius 1 is 1.21 bits per heavy atom. The molecule has 1 fully saturated rings. The largest absolute Gasteiger partial charge is 0.495 e. The molecular weight excluding hydrogens is 549 g/mol. The first-order chi connectivity index (χ1) is 15.9. The lowest BCUT2D eigenvalue weighted by molar-refractivity contribution is -0.116. The zero-order valence-electron chi connectivity index (χ0n) is 18.7. The predicted molar refractivity (Wildman–Crippen MR) is 141 cm³/mol. The highest BCUT2D eigenvalue weighted by molar-refractivity contribution is 14.1. The number of amides is 1. The number of aromatic nitrogens is 2. The van der Waals surface area contributed by atoms with Crippen molar-refractivity contribution < 1.29 is 9.53 Å². The zero-order chi connectivity index (χ0) is 23.5. The topological polar surface area (TPSA) is 82.3 Å². The number of nitrogens with one attached hydrogen (secondary N) is 3. The Kier molecular flexibility index (Phi) is 7.18. The van der Waals surface area contributed by atoms with E-state index in [-0.39, 0.29) is 24.4 Å². The van der Waals surface area contributed by atoms with Gasteiger partial charge >= 0.3 is 0 Å². The first-order valence-electron chi connectivity index (χ1n) is 10.7. The molecule has 0 aliphatic carbocycles. The van der Waals surface area contributed by atoms with Gasteiger partial charge in [0.25, 0.3) is 0 Å². The molecule has 2 atom stereocenters. The summed E-state index contributed by atoms with van der Waals surface area (Å²) in [6, 6.07) is 13.1. The van der Waals surface area contributed by atoms with Gasteiger partial charge in [-0.05, 0) is 72.9 Å². The maximum Gasteiger partial charge on any atom is 0.226 e. The molecule has 33 heavy (non-hydrogen) atoms. The summed E-state index contributed by atoms with van der Waals surface area (Å²) >= 11 is 8.12. The third-order valence-corrected chi connectivity index (χ3v) is 7.54. The van der Waals surface area contributed by atoms with E-state index in [1.807, 2.05) is 42.5 Å². The Labute approximate surface area is 212 Å². The minimum Gasteiger partial charge on any atom is -0.495 e. The van der Waals surface area contributed by atoms with Crippen LogP contribution in [0.1, 0.15) is 41.1 Å². The number of aryl methyl sites for hydroxylation is 2. The number of rotatable bonds is 7. The van der Waals surface area contributed by atoms with Crippen molar-refractivity contribution in [3.8, 4) is 5.75 Å². The summed E-state index contributed by atoms with van der Waals surface area (Å²) in [5, 5.41) is 7.02. The number of H-pyrrole nitrogens is 1. The summed E-state index contributed by atoms with van der Waals surface area (Å²) in [6.45, 7) is 4.62. The fourth-order valence-corrected chi connectivity index (χ4v) is 5.45. The Morgan fingerprint density at radius 3 is 2.64 bits per heavy atom. The monoisotopic (exact) mass is 575 g/mol. The standard InChI is InChI=1S/C24H26IN5O2S/c1-14-20(21(25)15(2)27-14)23-22(17-9-6-7-12-26-17)29-24(33)30(23)13-11-19(31)28-16-8-4-5-10-18(16)32-3/h4-10,12,22-23,27H,11,13H2,1-3H3,(H,28,31)(H,29,33). The Morgan fingerprint density at radius 2 is 1.97 bits per heavy atom. The number of anilines is 1. The molecule has 1 amide bonds. The molecule has 3 N–H and O–H groups in total. The number of hydrogen-bond acceptors (Lipinski definition) is 4. The van der Waals surface area contributed by atoms with Crippen LogP contribution in [0, 0.1) is 17.4 Å². The predicted octanol–water partition coefficient (Wildman–Crippen LogP) is 4.64. The molecule has 3 heterocycles. The molecule has 4 rings (SSSR count). The van der Waals surface area contributed by atoms with Gasteiger partial charge in [0.15, 0.2) is 5.11 Å². The van der Waals surface area contributed by atoms with Crippen LogP contribution < -0.4 is 15.4 Å². The summed E-state index contributed by atoms with van der Waals surface area (Å²) in [4.78, 5) is 22.9. The average molecular weight is 575 g/mol. The molecule has 2 aromatic heterocycles. The fourth-order valence-electron chi connectivity index (χ4n) is 4.26. The van der Waals surface area contributed by atoms with Crippen LogP contribution in [0.15, 0.2) is 48.7 Å². The summed E-state index contributed by atoms with van der Waals surface area (Å²) in [6.07, 6.45) is 2.07. The van der Waals surface area contributed by atoms with Crippen LogP contribution in [0.4, 0.5) is 5.69 Å². The number of carbonyl (C=O) groups excluding carboxylic acids is 1. The van der Waals surface area contributed by atoms with E-state index >= 15 is 0 Å². The minimum atomic E-state index is -0.113. The van der Waals surface area contributed by atoms with E-state index in [4.69, 9.17) is 17.0 Å². The molecule has 1 saturated heterocycles. The third-order valence-electron chi connectivity index (χ3n) is 5.80. The normalized spacial score (nSPS) is 17.7. The summed E-state index contributed by atoms with van der Waals surface area (Å²) < 4.78 is 6.51. The highest BCUT2D eigenvalue weighted by Gasteiger charge is 2.42. The van der Waals surface area contributed by atoms with Crippen LogP contribution in [0.2, 0.25) is 0 Å². The maximum absolute atomic E-state index is 12.8. The van der Waals surface area contributed by atoms with Crippen LogP contribution in [0.3, 0.4) is 0 Å². The second kappa shape index (κ2) is 10.1. The van der Waals surface area contributed by atoms with Crippen molar-refractivity contribution in [3.63, 3.8) is 0 Å². The van der Waals surface area contributed by atoms with E-state index in [1.54, 1.807) is 13.3 Å². The molecular formula is C24H26IN5O2S. The Balaban J connectivity index is 1.59. The second-order valence-electron chi connectivity index (χ2n) is 7.92. The first-order valence-corrected chi connectivity index (χ1v) is 12.1. The third kappa shape index (κ3) is 4.84. The SMILES string of the molecule is COc1ccccc1NC(=O)CCN1C(=S)NC(c2ccccn2)C1c1c(C)[nH]c(C)c1I. The molecule has 1 aliphatic rings. The number of halogens is 1. The van der Waals surface area contributed by atoms with Crippen molar-refractivity contribution in [1.29, 1.82) is 0 Å². The number of thiocarbonyl (C=S) groups is 1. The number of pyridine rings is 1. The molecule has 0 saturated carbocycles. The van der Waals surface area contributed by atoms with Crippen LogP contribution in [0.5, 0.6) is 5.75 Å². The molecule has 0 bridgehead atoms. The molecule has 1 aliphatic heterocycles. The smallest absolute Gasteiger partial charge is 0.226 e. The molecule has 3 aromatic rings. The molecule has 0 radical (unpaired) electrons. The van der Waals surface area contributed by atoms with Crippen LogP contribution in [-0.4, -0.2) is 39.5 Å². The van der Waals surface area contributed by atoms with E-state index in [0.29, 0.717) is 23.1 Å². The molecule has 0 spiro atoms. The van der Waals surface area contributed by atoms with E-state index in [2.05, 4.69) is 61.9 Å². The number of benzene rings is 1. The first kappa shape index (κ1) is 23.5. The molecule has 172 valence electrons. The van der Waals surface area contributed by atoms with Crippen molar-refractivity contribution in [2.75, 3.05) is 19.0 Å². The summed E-state index contributed by atoms with van der Waals surface area (Å²) in [5.41, 5.74) is 4.97. The average Bonchev–Trinajstić information content (AvgIpc) is 3.27. The van der Waals surface area contributed by atoms with Crippen molar-refractivity contribution in [2.24, 2.45) is 0 Å². The number of methoxy groups -OCH3 is 1. The minimum absolute atomic E-state index is 0.0803. The Hall–Kier alpha value is -2.66. The number of para-hydroxylation sites is 2. The van der Waals surface area contributed by atoms with Gasteiger partial charge in [-0.2, -0.15) is 0 Å². The molecule has 9 heteroatoms. The van der Waals surface area contributed by atoms with Crippen LogP contribution in [-0.2, 0) is 4.79 Å². The highest BCUT2D eigenvalue weighted by atomic mass is 127. The molecule has 1 aromatic carbocycles. The summed E-state index contributed by atoms with van der Waals surface area (Å²) in [5.74, 6) is 0.532. The zero-order valence-corrected chi connectivity index (χ0v) is 21.7. The van der Waals surface area contributed by atoms with Gasteiger partial charge < -0.3 is 25.3 Å². The van der Waals surface area contributed by atoms with Gasteiger partial charge in [0.2, 0.25) is 5.91 Å². The lowest BCUT2D eigenvalue weighted by Crippen LogP contribution is -2.33. The fraction of sp³-hybridized carbons (Fsp3) is 0.292. The van der Waals surface area contributed by atoms with E-state index in [1.165, 1.54) is 9.13 Å². The lowest BCUT2D eigenvalue weighted by atomic mass is 9.96. The van der Waals surface area contributed by atoms with Crippen molar-refractivity contribution in [2.45, 2.75) is 32.4 Å². The van der Waals surface area contributed by atoms with Gasteiger partial charge in [-0.25, -0.2) is 0 Å². The van der Waals surface area contributed by atoms with Gasteiger partial charge in [-0.3, -0.25) is 9.78 Å². The van der Waals surface area contributed by atoms with Gasteiger partial charge in [0.1, 0.15) is 5.75 Å².